The molecule has 0 radical (unpaired) electrons. The van der Waals surface area contributed by atoms with Gasteiger partial charge in [-0.1, -0.05) is 24.4 Å². The SMILES string of the molecule is S=CC1=C2C=CC=CN2C=CC1. The summed E-state index contributed by atoms with van der Waals surface area (Å²) in [6, 6.07) is 0. The van der Waals surface area contributed by atoms with Crippen molar-refractivity contribution in [1.82, 2.24) is 4.90 Å². The minimum absolute atomic E-state index is 0.952. The van der Waals surface area contributed by atoms with Crippen molar-refractivity contribution in [2.75, 3.05) is 0 Å². The Morgan fingerprint density at radius 2 is 2.25 bits per heavy atom. The number of thiocarbonyl (C=S) groups is 1. The molecule has 0 bridgehead atoms. The van der Waals surface area contributed by atoms with Gasteiger partial charge in [-0.15, -0.1) is 0 Å². The van der Waals surface area contributed by atoms with Crippen LogP contribution in [0.3, 0.4) is 0 Å². The Kier molecular flexibility index (Phi) is 1.92. The second-order valence-corrected chi connectivity index (χ2v) is 2.96. The zero-order valence-corrected chi connectivity index (χ0v) is 7.42. The number of rotatable bonds is 1. The van der Waals surface area contributed by atoms with Gasteiger partial charge in [0.2, 0.25) is 0 Å². The van der Waals surface area contributed by atoms with Crippen LogP contribution in [0.5, 0.6) is 0 Å². The molecule has 12 heavy (non-hydrogen) atoms. The van der Waals surface area contributed by atoms with Crippen molar-refractivity contribution in [2.45, 2.75) is 6.42 Å². The van der Waals surface area contributed by atoms with Crippen LogP contribution in [0.4, 0.5) is 0 Å². The predicted molar refractivity (Wildman–Crippen MR) is 54.6 cm³/mol. The van der Waals surface area contributed by atoms with Gasteiger partial charge in [-0.3, -0.25) is 0 Å². The highest BCUT2D eigenvalue weighted by Crippen LogP contribution is 2.22. The van der Waals surface area contributed by atoms with Gasteiger partial charge in [0.1, 0.15) is 0 Å². The molecular weight excluding hydrogens is 166 g/mol. The third-order valence-corrected chi connectivity index (χ3v) is 2.25. The molecule has 0 N–H and O–H groups in total. The van der Waals surface area contributed by atoms with Gasteiger partial charge in [-0.25, -0.2) is 0 Å². The number of allylic oxidation sites excluding steroid dienone is 5. The van der Waals surface area contributed by atoms with Gasteiger partial charge in [0, 0.05) is 23.5 Å². The summed E-state index contributed by atoms with van der Waals surface area (Å²) in [5.74, 6) is 0. The van der Waals surface area contributed by atoms with Crippen LogP contribution < -0.4 is 0 Å². The molecule has 0 unspecified atom stereocenters. The minimum Gasteiger partial charge on any atom is -0.324 e. The quantitative estimate of drug-likeness (QED) is 0.563. The minimum atomic E-state index is 0.952. The zero-order chi connectivity index (χ0) is 8.39. The molecule has 0 atom stereocenters. The summed E-state index contributed by atoms with van der Waals surface area (Å²) in [6.45, 7) is 0. The molecule has 0 spiro atoms. The lowest BCUT2D eigenvalue weighted by molar-refractivity contribution is 0.625. The molecule has 0 saturated carbocycles. The van der Waals surface area contributed by atoms with Gasteiger partial charge >= 0.3 is 0 Å². The van der Waals surface area contributed by atoms with Crippen molar-refractivity contribution in [1.29, 1.82) is 0 Å². The maximum absolute atomic E-state index is 4.94. The van der Waals surface area contributed by atoms with E-state index >= 15 is 0 Å². The smallest absolute Gasteiger partial charge is 0.0492 e. The van der Waals surface area contributed by atoms with Crippen molar-refractivity contribution >= 4 is 17.6 Å². The topological polar surface area (TPSA) is 3.24 Å². The summed E-state index contributed by atoms with van der Waals surface area (Å²) in [4.78, 5) is 2.08. The molecule has 0 aliphatic carbocycles. The Bertz CT molecular complexity index is 321. The first-order chi connectivity index (χ1) is 5.92. The highest BCUT2D eigenvalue weighted by atomic mass is 32.1. The first kappa shape index (κ1) is 7.50. The third kappa shape index (κ3) is 1.14. The van der Waals surface area contributed by atoms with Crippen molar-refractivity contribution in [3.63, 3.8) is 0 Å². The van der Waals surface area contributed by atoms with E-state index in [2.05, 4.69) is 23.3 Å². The van der Waals surface area contributed by atoms with Crippen LogP contribution >= 0.6 is 12.2 Å². The maximum Gasteiger partial charge on any atom is 0.0492 e. The molecule has 2 aliphatic heterocycles. The van der Waals surface area contributed by atoms with Gasteiger partial charge in [0.25, 0.3) is 0 Å². The Morgan fingerprint density at radius 3 is 3.08 bits per heavy atom. The fraction of sp³-hybridized carbons (Fsp3) is 0.100. The molecule has 0 amide bonds. The molecule has 0 aromatic carbocycles. The van der Waals surface area contributed by atoms with Gasteiger partial charge in [0.05, 0.1) is 0 Å². The molecule has 0 saturated heterocycles. The van der Waals surface area contributed by atoms with E-state index in [1.54, 1.807) is 5.37 Å². The Balaban J connectivity index is 2.43. The fourth-order valence-corrected chi connectivity index (χ4v) is 1.58. The fourth-order valence-electron chi connectivity index (χ4n) is 1.36. The number of fused-ring (bicyclic) bond motifs is 1. The van der Waals surface area contributed by atoms with Gasteiger partial charge < -0.3 is 4.90 Å². The molecular formula is C10H9NS. The average molecular weight is 175 g/mol. The predicted octanol–water partition coefficient (Wildman–Crippen LogP) is 2.54. The van der Waals surface area contributed by atoms with Crippen LogP contribution in [0.2, 0.25) is 0 Å². The molecule has 1 nitrogen and oxygen atoms in total. The third-order valence-electron chi connectivity index (χ3n) is 1.97. The summed E-state index contributed by atoms with van der Waals surface area (Å²) in [5, 5.41) is 1.76. The van der Waals surface area contributed by atoms with E-state index < -0.39 is 0 Å². The van der Waals surface area contributed by atoms with E-state index in [4.69, 9.17) is 12.2 Å². The number of hydrogen-bond donors (Lipinski definition) is 0. The van der Waals surface area contributed by atoms with Crippen molar-refractivity contribution in [3.05, 3.63) is 48.0 Å². The van der Waals surface area contributed by atoms with Gasteiger partial charge in [-0.2, -0.15) is 0 Å². The molecule has 0 aromatic rings. The molecule has 2 rings (SSSR count). The zero-order valence-electron chi connectivity index (χ0n) is 6.60. The second kappa shape index (κ2) is 3.07. The van der Waals surface area contributed by atoms with Crippen molar-refractivity contribution < 1.29 is 0 Å². The standard InChI is InChI=1S/C10H9NS/c12-8-9-4-3-7-11-6-2-1-5-10(9)11/h1-3,5-8H,4H2. The molecule has 2 heteroatoms. The second-order valence-electron chi connectivity index (χ2n) is 2.73. The van der Waals surface area contributed by atoms with Crippen LogP contribution in [0, 0.1) is 0 Å². The highest BCUT2D eigenvalue weighted by molar-refractivity contribution is 7.79. The summed E-state index contributed by atoms with van der Waals surface area (Å²) < 4.78 is 0. The van der Waals surface area contributed by atoms with Crippen LogP contribution in [-0.4, -0.2) is 10.3 Å². The lowest BCUT2D eigenvalue weighted by atomic mass is 10.1. The largest absolute Gasteiger partial charge is 0.324 e. The molecule has 0 aromatic heterocycles. The van der Waals surface area contributed by atoms with Crippen molar-refractivity contribution in [3.8, 4) is 0 Å². The molecule has 2 aliphatic rings. The van der Waals surface area contributed by atoms with E-state index in [-0.39, 0.29) is 0 Å². The highest BCUT2D eigenvalue weighted by Gasteiger charge is 2.11. The van der Waals surface area contributed by atoms with E-state index in [0.29, 0.717) is 0 Å². The summed E-state index contributed by atoms with van der Waals surface area (Å²) in [7, 11) is 0. The van der Waals surface area contributed by atoms with Crippen LogP contribution in [0.15, 0.2) is 48.0 Å². The lowest BCUT2D eigenvalue weighted by Gasteiger charge is -2.24. The first-order valence-corrected chi connectivity index (χ1v) is 4.37. The Morgan fingerprint density at radius 1 is 1.33 bits per heavy atom. The molecule has 0 fully saturated rings. The number of hydrogen-bond acceptors (Lipinski definition) is 2. The monoisotopic (exact) mass is 175 g/mol. The van der Waals surface area contributed by atoms with Crippen LogP contribution in [0.25, 0.3) is 0 Å². The van der Waals surface area contributed by atoms with Crippen LogP contribution in [-0.2, 0) is 0 Å². The van der Waals surface area contributed by atoms with E-state index in [9.17, 15) is 0 Å². The Labute approximate surface area is 77.4 Å². The first-order valence-electron chi connectivity index (χ1n) is 3.90. The maximum atomic E-state index is 4.94. The Hall–Kier alpha value is -1.15. The normalized spacial score (nSPS) is 19.8. The number of nitrogens with zero attached hydrogens (tertiary/aromatic N) is 1. The molecule has 60 valence electrons. The van der Waals surface area contributed by atoms with Gasteiger partial charge in [0.15, 0.2) is 0 Å². The average Bonchev–Trinajstić information content (AvgIpc) is 2.17. The summed E-state index contributed by atoms with van der Waals surface area (Å²) in [5.41, 5.74) is 2.42. The summed E-state index contributed by atoms with van der Waals surface area (Å²) >= 11 is 4.94. The van der Waals surface area contributed by atoms with Crippen LogP contribution in [0.1, 0.15) is 6.42 Å². The summed E-state index contributed by atoms with van der Waals surface area (Å²) in [6.07, 6.45) is 13.3. The van der Waals surface area contributed by atoms with Crippen molar-refractivity contribution in [2.24, 2.45) is 0 Å². The van der Waals surface area contributed by atoms with E-state index in [0.717, 1.165) is 6.42 Å². The van der Waals surface area contributed by atoms with E-state index in [1.807, 2.05) is 18.4 Å². The lowest BCUT2D eigenvalue weighted by Crippen LogP contribution is -2.15. The molecule has 2 heterocycles. The van der Waals surface area contributed by atoms with E-state index in [1.165, 1.54) is 11.3 Å². The van der Waals surface area contributed by atoms with Gasteiger partial charge in [-0.05, 0) is 24.1 Å².